The van der Waals surface area contributed by atoms with Gasteiger partial charge in [0.25, 0.3) is 0 Å². The van der Waals surface area contributed by atoms with E-state index in [1.54, 1.807) is 0 Å². The smallest absolute Gasteiger partial charge is 0.304 e. The first-order valence-electron chi connectivity index (χ1n) is 6.18. The number of sulfonamides is 1. The van der Waals surface area contributed by atoms with Crippen LogP contribution < -0.4 is 0 Å². The summed E-state index contributed by atoms with van der Waals surface area (Å²) in [4.78, 5) is 1.45. The Kier molecular flexibility index (Phi) is 6.14. The highest BCUT2D eigenvalue weighted by molar-refractivity contribution is 7.89. The van der Waals surface area contributed by atoms with Crippen LogP contribution in [0.5, 0.6) is 0 Å². The largest absolute Gasteiger partial charge is 0.416 e. The predicted molar refractivity (Wildman–Crippen MR) is 80.0 cm³/mol. The second-order valence-electron chi connectivity index (χ2n) is 4.85. The van der Waals surface area contributed by atoms with Crippen molar-refractivity contribution in [3.05, 3.63) is 28.8 Å². The molecule has 0 aromatic heterocycles. The number of hydrogen-bond acceptors (Lipinski definition) is 3. The highest BCUT2D eigenvalue weighted by Gasteiger charge is 2.35. The lowest BCUT2D eigenvalue weighted by Crippen LogP contribution is -2.47. The molecule has 0 bridgehead atoms. The first-order valence-corrected chi connectivity index (χ1v) is 7.99. The second-order valence-corrected chi connectivity index (χ2v) is 7.16. The molecule has 1 aliphatic heterocycles. The van der Waals surface area contributed by atoms with Crippen molar-refractivity contribution < 1.29 is 21.6 Å². The summed E-state index contributed by atoms with van der Waals surface area (Å²) < 4.78 is 64.2. The van der Waals surface area contributed by atoms with Gasteiger partial charge in [-0.1, -0.05) is 11.6 Å². The van der Waals surface area contributed by atoms with E-state index in [9.17, 15) is 21.6 Å². The van der Waals surface area contributed by atoms with Crippen LogP contribution in [0.15, 0.2) is 23.1 Å². The maximum Gasteiger partial charge on any atom is 0.416 e. The van der Waals surface area contributed by atoms with Gasteiger partial charge in [0.2, 0.25) is 10.0 Å². The Labute approximate surface area is 138 Å². The fourth-order valence-electron chi connectivity index (χ4n) is 2.04. The summed E-state index contributed by atoms with van der Waals surface area (Å²) in [5.74, 6) is 0. The van der Waals surface area contributed by atoms with Crippen molar-refractivity contribution in [3.63, 3.8) is 0 Å². The molecular formula is C12H15Cl2F3N2O2S. The summed E-state index contributed by atoms with van der Waals surface area (Å²) in [6, 6.07) is 2.33. The molecule has 0 aliphatic carbocycles. The molecule has 0 amide bonds. The Hall–Kier alpha value is -0.540. The van der Waals surface area contributed by atoms with E-state index < -0.39 is 26.7 Å². The molecule has 0 N–H and O–H groups in total. The molecule has 1 aliphatic rings. The summed E-state index contributed by atoms with van der Waals surface area (Å²) in [7, 11) is -2.18. The van der Waals surface area contributed by atoms with Gasteiger partial charge in [-0.25, -0.2) is 8.42 Å². The van der Waals surface area contributed by atoms with E-state index in [0.717, 1.165) is 16.4 Å². The molecule has 0 saturated carbocycles. The van der Waals surface area contributed by atoms with Gasteiger partial charge in [-0.3, -0.25) is 0 Å². The van der Waals surface area contributed by atoms with Crippen LogP contribution in [0.2, 0.25) is 5.02 Å². The maximum absolute atomic E-state index is 12.7. The van der Waals surface area contributed by atoms with Gasteiger partial charge < -0.3 is 4.90 Å². The van der Waals surface area contributed by atoms with E-state index >= 15 is 0 Å². The van der Waals surface area contributed by atoms with E-state index in [2.05, 4.69) is 0 Å². The lowest BCUT2D eigenvalue weighted by atomic mass is 10.2. The van der Waals surface area contributed by atoms with Gasteiger partial charge in [0.1, 0.15) is 4.90 Å². The summed E-state index contributed by atoms with van der Waals surface area (Å²) in [6.45, 7) is 1.50. The molecule has 0 atom stereocenters. The molecule has 22 heavy (non-hydrogen) atoms. The Morgan fingerprint density at radius 3 is 2.18 bits per heavy atom. The fourth-order valence-corrected chi connectivity index (χ4v) is 3.97. The van der Waals surface area contributed by atoms with Crippen LogP contribution in [-0.2, 0) is 16.2 Å². The number of halogens is 5. The van der Waals surface area contributed by atoms with Gasteiger partial charge in [-0.2, -0.15) is 17.5 Å². The van der Waals surface area contributed by atoms with Crippen molar-refractivity contribution in [1.82, 2.24) is 9.21 Å². The van der Waals surface area contributed by atoms with Crippen LogP contribution in [0.25, 0.3) is 0 Å². The van der Waals surface area contributed by atoms with Gasteiger partial charge in [0.15, 0.2) is 0 Å². The Balaban J connectivity index is 0.00000242. The number of likely N-dealkylation sites (N-methyl/N-ethyl adjacent to an activating group) is 1. The van der Waals surface area contributed by atoms with Gasteiger partial charge in [-0.15, -0.1) is 12.4 Å². The van der Waals surface area contributed by atoms with E-state index in [1.807, 2.05) is 11.9 Å². The average Bonchev–Trinajstić information content (AvgIpc) is 2.38. The van der Waals surface area contributed by atoms with Gasteiger partial charge in [-0.05, 0) is 25.2 Å². The minimum Gasteiger partial charge on any atom is -0.304 e. The quantitative estimate of drug-likeness (QED) is 0.794. The standard InChI is InChI=1S/C12H14ClF3N2O2S.ClH/c1-17-4-6-18(7-5-17)21(19,20)11-8-9(12(14,15)16)2-3-10(11)13;/h2-3,8H,4-7H2,1H3;1H. The molecule has 126 valence electrons. The third kappa shape index (κ3) is 4.05. The third-order valence-corrected chi connectivity index (χ3v) is 5.72. The monoisotopic (exact) mass is 378 g/mol. The Morgan fingerprint density at radius 1 is 1.14 bits per heavy atom. The Morgan fingerprint density at radius 2 is 1.68 bits per heavy atom. The van der Waals surface area contributed by atoms with Crippen LogP contribution >= 0.6 is 24.0 Å². The highest BCUT2D eigenvalue weighted by Crippen LogP contribution is 2.34. The SMILES string of the molecule is CN1CCN(S(=O)(=O)c2cc(C(F)(F)F)ccc2Cl)CC1.Cl. The number of hydrogen-bond donors (Lipinski definition) is 0. The average molecular weight is 379 g/mol. The lowest BCUT2D eigenvalue weighted by Gasteiger charge is -2.31. The zero-order chi connectivity index (χ0) is 15.8. The van der Waals surface area contributed by atoms with Gasteiger partial charge in [0, 0.05) is 26.2 Å². The zero-order valence-corrected chi connectivity index (χ0v) is 14.0. The molecule has 0 unspecified atom stereocenters. The van der Waals surface area contributed by atoms with Crippen LogP contribution in [-0.4, -0.2) is 50.8 Å². The van der Waals surface area contributed by atoms with E-state index in [1.165, 1.54) is 0 Å². The number of piperazine rings is 1. The molecule has 1 saturated heterocycles. The summed E-state index contributed by atoms with van der Waals surface area (Å²) in [5.41, 5.74) is -1.03. The molecule has 4 nitrogen and oxygen atoms in total. The molecule has 1 aromatic carbocycles. The van der Waals surface area contributed by atoms with Crippen LogP contribution in [0.3, 0.4) is 0 Å². The van der Waals surface area contributed by atoms with E-state index in [4.69, 9.17) is 11.6 Å². The zero-order valence-electron chi connectivity index (χ0n) is 11.6. The minimum atomic E-state index is -4.61. The lowest BCUT2D eigenvalue weighted by molar-refractivity contribution is -0.137. The first kappa shape index (κ1) is 19.5. The number of benzene rings is 1. The molecule has 2 rings (SSSR count). The number of nitrogens with zero attached hydrogens (tertiary/aromatic N) is 2. The first-order chi connectivity index (χ1) is 9.62. The number of alkyl halides is 3. The molecular weight excluding hydrogens is 364 g/mol. The third-order valence-electron chi connectivity index (χ3n) is 3.34. The molecule has 1 aromatic rings. The Bertz CT molecular complexity index is 630. The maximum atomic E-state index is 12.7. The van der Waals surface area contributed by atoms with Crippen molar-refractivity contribution in [2.75, 3.05) is 33.2 Å². The van der Waals surface area contributed by atoms with E-state index in [-0.39, 0.29) is 30.5 Å². The van der Waals surface area contributed by atoms with E-state index in [0.29, 0.717) is 19.2 Å². The topological polar surface area (TPSA) is 40.6 Å². The summed E-state index contributed by atoms with van der Waals surface area (Å²) in [6.07, 6.45) is -4.61. The molecule has 0 radical (unpaired) electrons. The van der Waals surface area contributed by atoms with Crippen LogP contribution in [0.1, 0.15) is 5.56 Å². The van der Waals surface area contributed by atoms with Crippen molar-refractivity contribution in [1.29, 1.82) is 0 Å². The van der Waals surface area contributed by atoms with Gasteiger partial charge in [0.05, 0.1) is 10.6 Å². The number of rotatable bonds is 2. The summed E-state index contributed by atoms with van der Waals surface area (Å²) >= 11 is 5.80. The van der Waals surface area contributed by atoms with Crippen molar-refractivity contribution in [2.45, 2.75) is 11.1 Å². The van der Waals surface area contributed by atoms with Crippen LogP contribution in [0, 0.1) is 0 Å². The van der Waals surface area contributed by atoms with Crippen molar-refractivity contribution in [2.24, 2.45) is 0 Å². The molecule has 0 spiro atoms. The van der Waals surface area contributed by atoms with Crippen molar-refractivity contribution >= 4 is 34.0 Å². The molecule has 1 heterocycles. The molecule has 1 fully saturated rings. The minimum absolute atomic E-state index is 0. The molecule has 10 heteroatoms. The fraction of sp³-hybridized carbons (Fsp3) is 0.500. The summed E-state index contributed by atoms with van der Waals surface area (Å²) in [5, 5.41) is -0.207. The van der Waals surface area contributed by atoms with Crippen LogP contribution in [0.4, 0.5) is 13.2 Å². The predicted octanol–water partition coefficient (Wildman–Crippen LogP) is 2.72. The highest BCUT2D eigenvalue weighted by atomic mass is 35.5. The normalized spacial score (nSPS) is 18.0. The van der Waals surface area contributed by atoms with Gasteiger partial charge >= 0.3 is 6.18 Å². The van der Waals surface area contributed by atoms with Crippen molar-refractivity contribution in [3.8, 4) is 0 Å². The second kappa shape index (κ2) is 6.92.